The van der Waals surface area contributed by atoms with Crippen LogP contribution in [-0.4, -0.2) is 37.0 Å². The molecule has 0 aromatic heterocycles. The van der Waals surface area contributed by atoms with Crippen LogP contribution in [0.25, 0.3) is 0 Å². The molecule has 2 fully saturated rings. The number of aryl methyl sites for hydroxylation is 1. The first-order valence-corrected chi connectivity index (χ1v) is 7.87. The van der Waals surface area contributed by atoms with E-state index >= 15 is 0 Å². The van der Waals surface area contributed by atoms with Crippen molar-refractivity contribution in [2.24, 2.45) is 11.8 Å². The maximum Gasteiger partial charge on any atom is 0.253 e. The fourth-order valence-electron chi connectivity index (χ4n) is 3.49. The minimum Gasteiger partial charge on any atom is -0.339 e. The Labute approximate surface area is 121 Å². The molecule has 0 spiro atoms. The number of likely N-dealkylation sites (tertiary alicyclic amines) is 1. The smallest absolute Gasteiger partial charge is 0.253 e. The van der Waals surface area contributed by atoms with E-state index in [1.807, 2.05) is 12.1 Å². The molecule has 2 atom stereocenters. The van der Waals surface area contributed by atoms with Crippen molar-refractivity contribution in [1.82, 2.24) is 10.2 Å². The van der Waals surface area contributed by atoms with Gasteiger partial charge in [0.2, 0.25) is 0 Å². The number of nitrogens with zero attached hydrogens (tertiary/aromatic N) is 1. The first kappa shape index (κ1) is 13.6. The molecule has 3 rings (SSSR count). The summed E-state index contributed by atoms with van der Waals surface area (Å²) in [5.74, 6) is 1.76. The van der Waals surface area contributed by atoms with E-state index in [0.29, 0.717) is 0 Å². The molecule has 2 aliphatic heterocycles. The molecule has 0 radical (unpaired) electrons. The SMILES string of the molecule is CCc1ccc(C(=O)N2CC[C@@H]3CNC[C@@H]3CC2)cc1. The Bertz CT molecular complexity index is 454. The lowest BCUT2D eigenvalue weighted by molar-refractivity contribution is 0.0758. The molecule has 2 aliphatic rings. The maximum atomic E-state index is 12.6. The Morgan fingerprint density at radius 1 is 1.15 bits per heavy atom. The van der Waals surface area contributed by atoms with Gasteiger partial charge in [0.1, 0.15) is 0 Å². The molecular formula is C17H24N2O. The zero-order valence-electron chi connectivity index (χ0n) is 12.3. The molecule has 1 amide bonds. The Morgan fingerprint density at radius 3 is 2.30 bits per heavy atom. The van der Waals surface area contributed by atoms with Gasteiger partial charge in [-0.05, 0) is 61.9 Å². The highest BCUT2D eigenvalue weighted by Crippen LogP contribution is 2.27. The first-order chi connectivity index (χ1) is 9.78. The van der Waals surface area contributed by atoms with Crippen LogP contribution in [0.2, 0.25) is 0 Å². The van der Waals surface area contributed by atoms with Crippen LogP contribution in [0.5, 0.6) is 0 Å². The predicted molar refractivity (Wildman–Crippen MR) is 80.8 cm³/mol. The Balaban J connectivity index is 1.67. The molecule has 1 N–H and O–H groups in total. The zero-order chi connectivity index (χ0) is 13.9. The second kappa shape index (κ2) is 5.96. The monoisotopic (exact) mass is 272 g/mol. The molecule has 3 heteroatoms. The van der Waals surface area contributed by atoms with Gasteiger partial charge in [-0.2, -0.15) is 0 Å². The highest BCUT2D eigenvalue weighted by molar-refractivity contribution is 5.94. The van der Waals surface area contributed by atoms with Gasteiger partial charge in [-0.15, -0.1) is 0 Å². The van der Waals surface area contributed by atoms with E-state index in [4.69, 9.17) is 0 Å². The lowest BCUT2D eigenvalue weighted by Crippen LogP contribution is -2.32. The highest BCUT2D eigenvalue weighted by Gasteiger charge is 2.31. The summed E-state index contributed by atoms with van der Waals surface area (Å²) in [4.78, 5) is 14.6. The molecule has 2 saturated heterocycles. The van der Waals surface area contributed by atoms with Crippen LogP contribution in [0.1, 0.15) is 35.7 Å². The number of rotatable bonds is 2. The van der Waals surface area contributed by atoms with Gasteiger partial charge < -0.3 is 10.2 Å². The van der Waals surface area contributed by atoms with E-state index in [9.17, 15) is 4.79 Å². The largest absolute Gasteiger partial charge is 0.339 e. The summed E-state index contributed by atoms with van der Waals surface area (Å²) in [6.07, 6.45) is 3.32. The van der Waals surface area contributed by atoms with Gasteiger partial charge in [0, 0.05) is 18.7 Å². The van der Waals surface area contributed by atoms with E-state index in [1.54, 1.807) is 0 Å². The maximum absolute atomic E-state index is 12.6. The topological polar surface area (TPSA) is 32.3 Å². The summed E-state index contributed by atoms with van der Waals surface area (Å²) in [6, 6.07) is 8.11. The minimum atomic E-state index is 0.209. The summed E-state index contributed by atoms with van der Waals surface area (Å²) in [5, 5.41) is 3.48. The van der Waals surface area contributed by atoms with Gasteiger partial charge in [-0.25, -0.2) is 0 Å². The average Bonchev–Trinajstić information content (AvgIpc) is 2.85. The molecule has 3 nitrogen and oxygen atoms in total. The molecule has 0 unspecified atom stereocenters. The van der Waals surface area contributed by atoms with Crippen molar-refractivity contribution in [1.29, 1.82) is 0 Å². The van der Waals surface area contributed by atoms with Gasteiger partial charge in [0.15, 0.2) is 0 Å². The average molecular weight is 272 g/mol. The van der Waals surface area contributed by atoms with Crippen LogP contribution >= 0.6 is 0 Å². The lowest BCUT2D eigenvalue weighted by Gasteiger charge is -2.21. The van der Waals surface area contributed by atoms with Gasteiger partial charge in [-0.3, -0.25) is 4.79 Å². The van der Waals surface area contributed by atoms with E-state index in [2.05, 4.69) is 29.3 Å². The number of benzene rings is 1. The number of hydrogen-bond acceptors (Lipinski definition) is 2. The summed E-state index contributed by atoms with van der Waals surface area (Å²) < 4.78 is 0. The highest BCUT2D eigenvalue weighted by atomic mass is 16.2. The third kappa shape index (κ3) is 2.73. The Morgan fingerprint density at radius 2 is 1.75 bits per heavy atom. The molecule has 108 valence electrons. The summed E-state index contributed by atoms with van der Waals surface area (Å²) in [7, 11) is 0. The van der Waals surface area contributed by atoms with E-state index in [0.717, 1.165) is 62.8 Å². The number of carbonyl (C=O) groups is 1. The minimum absolute atomic E-state index is 0.209. The first-order valence-electron chi connectivity index (χ1n) is 7.87. The van der Waals surface area contributed by atoms with Crippen molar-refractivity contribution < 1.29 is 4.79 Å². The second-order valence-corrected chi connectivity index (χ2v) is 6.10. The van der Waals surface area contributed by atoms with Gasteiger partial charge in [-0.1, -0.05) is 19.1 Å². The second-order valence-electron chi connectivity index (χ2n) is 6.10. The fraction of sp³-hybridized carbons (Fsp3) is 0.588. The Hall–Kier alpha value is -1.35. The molecule has 1 aromatic rings. The normalized spacial score (nSPS) is 26.1. The molecule has 20 heavy (non-hydrogen) atoms. The Kier molecular flexibility index (Phi) is 4.06. The number of carbonyl (C=O) groups excluding carboxylic acids is 1. The van der Waals surface area contributed by atoms with Crippen molar-refractivity contribution in [3.05, 3.63) is 35.4 Å². The van der Waals surface area contributed by atoms with Crippen molar-refractivity contribution in [3.63, 3.8) is 0 Å². The molecular weight excluding hydrogens is 248 g/mol. The van der Waals surface area contributed by atoms with Crippen LogP contribution in [0.3, 0.4) is 0 Å². The van der Waals surface area contributed by atoms with Crippen LogP contribution in [0.4, 0.5) is 0 Å². The van der Waals surface area contributed by atoms with E-state index < -0.39 is 0 Å². The molecule has 0 saturated carbocycles. The summed E-state index contributed by atoms with van der Waals surface area (Å²) >= 11 is 0. The standard InChI is InChI=1S/C17H24N2O/c1-2-13-3-5-14(6-4-13)17(20)19-9-7-15-11-18-12-16(15)8-10-19/h3-6,15-16,18H,2,7-12H2,1H3/t15-,16+. The summed E-state index contributed by atoms with van der Waals surface area (Å²) in [6.45, 7) is 6.24. The van der Waals surface area contributed by atoms with Crippen LogP contribution < -0.4 is 5.32 Å². The number of amides is 1. The van der Waals surface area contributed by atoms with Crippen LogP contribution in [-0.2, 0) is 6.42 Å². The molecule has 1 aromatic carbocycles. The van der Waals surface area contributed by atoms with Crippen molar-refractivity contribution in [2.45, 2.75) is 26.2 Å². The number of hydrogen-bond donors (Lipinski definition) is 1. The van der Waals surface area contributed by atoms with Crippen molar-refractivity contribution in [3.8, 4) is 0 Å². The quantitative estimate of drug-likeness (QED) is 0.896. The summed E-state index contributed by atoms with van der Waals surface area (Å²) in [5.41, 5.74) is 2.13. The van der Waals surface area contributed by atoms with Crippen molar-refractivity contribution in [2.75, 3.05) is 26.2 Å². The number of fused-ring (bicyclic) bond motifs is 1. The predicted octanol–water partition coefficient (Wildman–Crippen LogP) is 2.32. The van der Waals surface area contributed by atoms with Gasteiger partial charge in [0.05, 0.1) is 0 Å². The van der Waals surface area contributed by atoms with Crippen molar-refractivity contribution >= 4 is 5.91 Å². The molecule has 2 heterocycles. The third-order valence-electron chi connectivity index (χ3n) is 4.92. The molecule has 0 aliphatic carbocycles. The third-order valence-corrected chi connectivity index (χ3v) is 4.92. The number of nitrogens with one attached hydrogen (secondary N) is 1. The fourth-order valence-corrected chi connectivity index (χ4v) is 3.49. The van der Waals surface area contributed by atoms with Crippen LogP contribution in [0.15, 0.2) is 24.3 Å². The van der Waals surface area contributed by atoms with Gasteiger partial charge in [0.25, 0.3) is 5.91 Å². The van der Waals surface area contributed by atoms with Crippen LogP contribution in [0, 0.1) is 11.8 Å². The zero-order valence-corrected chi connectivity index (χ0v) is 12.3. The van der Waals surface area contributed by atoms with Gasteiger partial charge >= 0.3 is 0 Å². The van der Waals surface area contributed by atoms with E-state index in [1.165, 1.54) is 5.56 Å². The molecule has 0 bridgehead atoms. The van der Waals surface area contributed by atoms with E-state index in [-0.39, 0.29) is 5.91 Å². The lowest BCUT2D eigenvalue weighted by atomic mass is 9.92.